The molecule has 1 heterocycles. The van der Waals surface area contributed by atoms with Crippen molar-refractivity contribution in [2.24, 2.45) is 11.8 Å². The average Bonchev–Trinajstić information content (AvgIpc) is 3.72. The number of halogens is 3. The number of nitrogens with one attached hydrogen (secondary N) is 1. The molecule has 0 radical (unpaired) electrons. The topological polar surface area (TPSA) is 79.9 Å². The number of carbonyl (C=O) groups is 2. The number of alkyl halides is 1. The number of aromatic nitrogens is 1. The second-order valence-corrected chi connectivity index (χ2v) is 21.4. The Morgan fingerprint density at radius 2 is 1.00 bits per heavy atom. The molecule has 2 N–H and O–H groups in total. The smallest absolute Gasteiger partial charge is 0.254 e. The monoisotopic (exact) mass is 1090 g/mol. The molecule has 1 aromatic heterocycles. The molecule has 6 rings (SSSR count). The van der Waals surface area contributed by atoms with Crippen LogP contribution in [-0.4, -0.2) is 75.4 Å². The van der Waals surface area contributed by atoms with Crippen molar-refractivity contribution in [3.63, 3.8) is 0 Å². The molecule has 0 bridgehead atoms. The third-order valence-corrected chi connectivity index (χ3v) is 12.1. The number of hydrogen-bond acceptors (Lipinski definition) is 4. The van der Waals surface area contributed by atoms with Crippen molar-refractivity contribution in [1.82, 2.24) is 19.7 Å². The Balaban J connectivity index is 0.000000657. The first-order valence-corrected chi connectivity index (χ1v) is 26.9. The molecular formula is C61H87Cl3N4O3S2. The third kappa shape index (κ3) is 24.9. The summed E-state index contributed by atoms with van der Waals surface area (Å²) in [5.41, 5.74) is 8.09. The summed E-state index contributed by atoms with van der Waals surface area (Å²) in [6.45, 7) is 24.3. The zero-order valence-corrected chi connectivity index (χ0v) is 49.8. The van der Waals surface area contributed by atoms with Crippen molar-refractivity contribution in [3.8, 4) is 5.75 Å². The van der Waals surface area contributed by atoms with Gasteiger partial charge in [0, 0.05) is 82.4 Å². The Bertz CT molecular complexity index is 2480. The maximum absolute atomic E-state index is 13.7. The van der Waals surface area contributed by atoms with Gasteiger partial charge in [-0.25, -0.2) is 0 Å². The summed E-state index contributed by atoms with van der Waals surface area (Å²) in [4.78, 5) is 36.1. The van der Waals surface area contributed by atoms with E-state index in [-0.39, 0.29) is 56.6 Å². The number of rotatable bonds is 20. The van der Waals surface area contributed by atoms with Crippen LogP contribution in [0, 0.1) is 11.8 Å². The van der Waals surface area contributed by atoms with Gasteiger partial charge in [0.15, 0.2) is 0 Å². The Hall–Kier alpha value is -4.09. The predicted molar refractivity (Wildman–Crippen MR) is 325 cm³/mol. The second kappa shape index (κ2) is 36.0. The molecule has 12 heteroatoms. The minimum atomic E-state index is 0. The molecule has 402 valence electrons. The largest absolute Gasteiger partial charge is 0.508 e. The molecular weight excluding hydrogens is 1010 g/mol. The van der Waals surface area contributed by atoms with Crippen LogP contribution in [0.3, 0.4) is 0 Å². The summed E-state index contributed by atoms with van der Waals surface area (Å²) in [6, 6.07) is 37.2. The number of H-pyrrole nitrogens is 1. The van der Waals surface area contributed by atoms with Crippen LogP contribution >= 0.6 is 61.8 Å². The number of amides is 2. The average molecular weight is 1090 g/mol. The lowest BCUT2D eigenvalue weighted by Crippen LogP contribution is -2.38. The lowest BCUT2D eigenvalue weighted by Gasteiger charge is -2.28. The van der Waals surface area contributed by atoms with E-state index in [0.717, 1.165) is 114 Å². The quantitative estimate of drug-likeness (QED) is 0.0590. The van der Waals surface area contributed by atoms with E-state index in [2.05, 4.69) is 104 Å². The highest BCUT2D eigenvalue weighted by Gasteiger charge is 2.22. The van der Waals surface area contributed by atoms with Gasteiger partial charge in [0.05, 0.1) is 0 Å². The molecule has 5 aromatic carbocycles. The maximum Gasteiger partial charge on any atom is 0.254 e. The highest BCUT2D eigenvalue weighted by molar-refractivity contribution is 7.59. The fourth-order valence-electron chi connectivity index (χ4n) is 7.87. The number of carbonyl (C=O) groups excluding carboxylic acids is 2. The number of nitrogens with zero attached hydrogens (tertiary/aromatic N) is 3. The third-order valence-electron chi connectivity index (χ3n) is 11.4. The van der Waals surface area contributed by atoms with Gasteiger partial charge in [-0.15, -0.1) is 11.6 Å². The molecule has 0 unspecified atom stereocenters. The molecule has 0 aliphatic rings. The second-order valence-electron chi connectivity index (χ2n) is 20.3. The minimum Gasteiger partial charge on any atom is -0.508 e. The van der Waals surface area contributed by atoms with Gasteiger partial charge >= 0.3 is 0 Å². The van der Waals surface area contributed by atoms with Gasteiger partial charge in [0.2, 0.25) is 0 Å². The number of phenols is 1. The molecule has 0 spiro atoms. The van der Waals surface area contributed by atoms with Crippen LogP contribution in [-0.2, 0) is 31.7 Å². The van der Waals surface area contributed by atoms with Crippen LogP contribution in [0.2, 0.25) is 10.0 Å². The molecule has 6 aromatic rings. The summed E-state index contributed by atoms with van der Waals surface area (Å²) >= 11 is 18.1. The highest BCUT2D eigenvalue weighted by Crippen LogP contribution is 2.25. The minimum absolute atomic E-state index is 0. The van der Waals surface area contributed by atoms with E-state index in [1.807, 2.05) is 107 Å². The summed E-state index contributed by atoms with van der Waals surface area (Å²) < 4.78 is 0. The lowest BCUT2D eigenvalue weighted by atomic mass is 10.0. The maximum atomic E-state index is 13.7. The van der Waals surface area contributed by atoms with Crippen LogP contribution in [0.5, 0.6) is 5.75 Å². The van der Waals surface area contributed by atoms with Crippen LogP contribution in [0.4, 0.5) is 0 Å². The molecule has 2 amide bonds. The first kappa shape index (κ1) is 66.9. The SMILES string of the molecule is CC(C)C.CC(C)C.CC(C)N(CCCCc1cccc(Cl)c1)C(=O)c1ccccc1CCl.CC(C)N(CCCCc1cccc(Cl)c1)C(=O)c1ccccc1CN(C)CCc1c[nH]c2ccc(O)cc12.S.S. The van der Waals surface area contributed by atoms with Crippen molar-refractivity contribution in [2.45, 2.75) is 139 Å². The van der Waals surface area contributed by atoms with Gasteiger partial charge in [-0.05, 0) is 174 Å². The predicted octanol–water partition coefficient (Wildman–Crippen LogP) is 16.6. The van der Waals surface area contributed by atoms with E-state index in [1.165, 1.54) is 16.7 Å². The van der Waals surface area contributed by atoms with Gasteiger partial charge in [-0.2, -0.15) is 27.0 Å². The molecule has 0 saturated carbocycles. The van der Waals surface area contributed by atoms with Crippen molar-refractivity contribution >= 4 is 84.5 Å². The summed E-state index contributed by atoms with van der Waals surface area (Å²) in [5, 5.41) is 12.5. The highest BCUT2D eigenvalue weighted by atomic mass is 35.5. The van der Waals surface area contributed by atoms with E-state index in [1.54, 1.807) is 6.07 Å². The van der Waals surface area contributed by atoms with E-state index in [0.29, 0.717) is 18.0 Å². The number of phenolic OH excluding ortho intramolecular Hbond substituents is 1. The lowest BCUT2D eigenvalue weighted by molar-refractivity contribution is 0.0692. The number of unbranched alkanes of at least 4 members (excludes halogenated alkanes) is 2. The van der Waals surface area contributed by atoms with E-state index in [9.17, 15) is 14.7 Å². The Labute approximate surface area is 469 Å². The Morgan fingerprint density at radius 3 is 1.45 bits per heavy atom. The molecule has 0 fully saturated rings. The molecule has 7 nitrogen and oxygen atoms in total. The van der Waals surface area contributed by atoms with E-state index in [4.69, 9.17) is 34.8 Å². The van der Waals surface area contributed by atoms with Crippen molar-refractivity contribution in [2.75, 3.05) is 26.7 Å². The number of likely N-dealkylation sites (N-methyl/N-ethyl adjacent to an activating group) is 1. The van der Waals surface area contributed by atoms with Crippen molar-refractivity contribution in [3.05, 3.63) is 170 Å². The first-order valence-electron chi connectivity index (χ1n) is 25.6. The number of hydrogen-bond donors (Lipinski definition) is 2. The van der Waals surface area contributed by atoms with Crippen LogP contribution in [0.1, 0.15) is 143 Å². The first-order chi connectivity index (χ1) is 33.8. The Kier molecular flexibility index (Phi) is 33.0. The Morgan fingerprint density at radius 1 is 0.548 bits per heavy atom. The zero-order valence-electron chi connectivity index (χ0n) is 45.6. The van der Waals surface area contributed by atoms with Crippen LogP contribution in [0.25, 0.3) is 10.9 Å². The fraction of sp³-hybridized carbons (Fsp3) is 0.443. The zero-order chi connectivity index (χ0) is 52.5. The molecule has 0 atom stereocenters. The van der Waals surface area contributed by atoms with E-state index >= 15 is 0 Å². The van der Waals surface area contributed by atoms with Gasteiger partial charge in [-0.1, -0.05) is 125 Å². The molecule has 73 heavy (non-hydrogen) atoms. The van der Waals surface area contributed by atoms with Crippen LogP contribution < -0.4 is 0 Å². The van der Waals surface area contributed by atoms with Crippen LogP contribution in [0.15, 0.2) is 121 Å². The standard InChI is InChI=1S/C32H38ClN3O2.C21H25Cl2NO.2C4H10.2H2S/c1-23(2)36(17-7-6-9-24-10-8-12-27(33)19-24)32(38)29-13-5-4-11-26(29)22-35(3)18-16-25-21-34-31-15-14-28(37)20-30(25)31;1-16(2)24(21(25)20-12-4-3-10-18(20)15-22)13-6-5-8-17-9-7-11-19(23)14-17;2*1-4(2)3;;/h4-5,8,10-15,19-21,23,34,37H,6-7,9,16-18,22H2,1-3H3;3-4,7,9-12,14,16H,5-6,8,13,15H2,1-2H3;2*4H,1-3H3;2*1H2. The van der Waals surface area contributed by atoms with E-state index < -0.39 is 0 Å². The molecule has 0 aliphatic carbocycles. The number of benzene rings is 5. The summed E-state index contributed by atoms with van der Waals surface area (Å²) in [6.07, 6.45) is 8.72. The normalized spacial score (nSPS) is 10.7. The number of aromatic amines is 1. The summed E-state index contributed by atoms with van der Waals surface area (Å²) in [5.74, 6) is 2.45. The number of aromatic hydroxyl groups is 1. The van der Waals surface area contributed by atoms with Gasteiger partial charge in [0.25, 0.3) is 11.8 Å². The van der Waals surface area contributed by atoms with Gasteiger partial charge < -0.3 is 24.8 Å². The van der Waals surface area contributed by atoms with Gasteiger partial charge in [0.1, 0.15) is 5.75 Å². The number of fused-ring (bicyclic) bond motifs is 1. The molecule has 0 aliphatic heterocycles. The fourth-order valence-corrected chi connectivity index (χ4v) is 8.53. The van der Waals surface area contributed by atoms with Crippen molar-refractivity contribution in [1.29, 1.82) is 0 Å². The number of aryl methyl sites for hydroxylation is 2. The van der Waals surface area contributed by atoms with Gasteiger partial charge in [-0.3, -0.25) is 9.59 Å². The molecule has 0 saturated heterocycles. The summed E-state index contributed by atoms with van der Waals surface area (Å²) in [7, 11) is 2.09. The van der Waals surface area contributed by atoms with Crippen molar-refractivity contribution < 1.29 is 14.7 Å².